The van der Waals surface area contributed by atoms with Crippen LogP contribution in [0.5, 0.6) is 0 Å². The number of hydrogen-bond donors (Lipinski definition) is 3. The second-order valence-electron chi connectivity index (χ2n) is 4.01. The maximum absolute atomic E-state index is 9.08. The van der Waals surface area contributed by atoms with E-state index in [1.54, 1.807) is 0 Å². The molecule has 0 aromatic heterocycles. The van der Waals surface area contributed by atoms with Crippen LogP contribution in [0.25, 0.3) is 0 Å². The van der Waals surface area contributed by atoms with E-state index in [4.69, 9.17) is 14.9 Å². The molecule has 2 rings (SSSR count). The Balaban J connectivity index is 1.94. The number of aliphatic hydroxyl groups excluding tert-OH is 2. The van der Waals surface area contributed by atoms with Crippen molar-refractivity contribution < 1.29 is 14.9 Å². The van der Waals surface area contributed by atoms with E-state index in [9.17, 15) is 0 Å². The SMILES string of the molecule is OCC(CO)N1CC2CNCC(C1)O2. The van der Waals surface area contributed by atoms with Gasteiger partial charge in [-0.15, -0.1) is 0 Å². The average molecular weight is 202 g/mol. The van der Waals surface area contributed by atoms with Gasteiger partial charge in [-0.1, -0.05) is 0 Å². The zero-order valence-corrected chi connectivity index (χ0v) is 8.22. The number of morpholine rings is 2. The topological polar surface area (TPSA) is 65.0 Å². The summed E-state index contributed by atoms with van der Waals surface area (Å²) >= 11 is 0. The molecule has 5 nitrogen and oxygen atoms in total. The Hall–Kier alpha value is -0.200. The predicted molar refractivity (Wildman–Crippen MR) is 51.1 cm³/mol. The number of nitrogens with one attached hydrogen (secondary N) is 1. The Bertz CT molecular complexity index is 175. The quantitative estimate of drug-likeness (QED) is 0.494. The lowest BCUT2D eigenvalue weighted by molar-refractivity contribution is -0.120. The molecule has 0 aromatic carbocycles. The van der Waals surface area contributed by atoms with Crippen LogP contribution in [0.15, 0.2) is 0 Å². The number of rotatable bonds is 3. The molecule has 0 aliphatic carbocycles. The molecule has 2 aliphatic heterocycles. The first-order valence-electron chi connectivity index (χ1n) is 5.15. The van der Waals surface area contributed by atoms with E-state index >= 15 is 0 Å². The fourth-order valence-electron chi connectivity index (χ4n) is 2.17. The molecule has 0 saturated carbocycles. The van der Waals surface area contributed by atoms with Crippen LogP contribution in [0.4, 0.5) is 0 Å². The third kappa shape index (κ3) is 2.07. The first-order chi connectivity index (χ1) is 6.83. The predicted octanol–water partition coefficient (Wildman–Crippen LogP) is -1.99. The highest BCUT2D eigenvalue weighted by Crippen LogP contribution is 2.16. The van der Waals surface area contributed by atoms with Crippen LogP contribution in [-0.4, -0.2) is 72.8 Å². The molecule has 0 radical (unpaired) electrons. The monoisotopic (exact) mass is 202 g/mol. The average Bonchev–Trinajstić information content (AvgIpc) is 2.19. The molecule has 14 heavy (non-hydrogen) atoms. The van der Waals surface area contributed by atoms with Crippen LogP contribution in [0, 0.1) is 0 Å². The van der Waals surface area contributed by atoms with E-state index in [2.05, 4.69) is 10.2 Å². The first kappa shape index (κ1) is 10.3. The molecule has 3 N–H and O–H groups in total. The standard InChI is InChI=1S/C9H18N2O3/c12-5-7(6-13)11-3-8-1-10-2-9(4-11)14-8/h7-10,12-13H,1-6H2. The number of fused-ring (bicyclic) bond motifs is 2. The van der Waals surface area contributed by atoms with Crippen molar-refractivity contribution in [2.24, 2.45) is 0 Å². The van der Waals surface area contributed by atoms with Gasteiger partial charge in [-0.05, 0) is 0 Å². The fraction of sp³-hybridized carbons (Fsp3) is 1.00. The molecule has 0 aromatic rings. The van der Waals surface area contributed by atoms with Crippen molar-refractivity contribution >= 4 is 0 Å². The molecule has 5 heteroatoms. The highest BCUT2D eigenvalue weighted by molar-refractivity contribution is 4.87. The molecule has 0 amide bonds. The van der Waals surface area contributed by atoms with Gasteiger partial charge in [-0.3, -0.25) is 4.90 Å². The molecular weight excluding hydrogens is 184 g/mol. The van der Waals surface area contributed by atoms with Gasteiger partial charge in [0.2, 0.25) is 0 Å². The maximum atomic E-state index is 9.08. The van der Waals surface area contributed by atoms with E-state index in [1.807, 2.05) is 0 Å². The summed E-state index contributed by atoms with van der Waals surface area (Å²) in [5.41, 5.74) is 0. The lowest BCUT2D eigenvalue weighted by Gasteiger charge is -2.44. The van der Waals surface area contributed by atoms with Crippen molar-refractivity contribution in [2.45, 2.75) is 18.2 Å². The van der Waals surface area contributed by atoms with Crippen LogP contribution in [-0.2, 0) is 4.74 Å². The van der Waals surface area contributed by atoms with Crippen molar-refractivity contribution in [3.8, 4) is 0 Å². The number of aliphatic hydroxyl groups is 2. The van der Waals surface area contributed by atoms with Gasteiger partial charge in [0, 0.05) is 26.2 Å². The molecule has 2 unspecified atom stereocenters. The Morgan fingerprint density at radius 3 is 2.29 bits per heavy atom. The molecule has 2 saturated heterocycles. The largest absolute Gasteiger partial charge is 0.395 e. The maximum Gasteiger partial charge on any atom is 0.0831 e. The van der Waals surface area contributed by atoms with Crippen molar-refractivity contribution in [2.75, 3.05) is 39.4 Å². The third-order valence-corrected chi connectivity index (χ3v) is 2.94. The van der Waals surface area contributed by atoms with E-state index in [1.165, 1.54) is 0 Å². The molecule has 2 atom stereocenters. The summed E-state index contributed by atoms with van der Waals surface area (Å²) in [6.45, 7) is 3.38. The molecule has 2 fully saturated rings. The van der Waals surface area contributed by atoms with Crippen molar-refractivity contribution in [1.29, 1.82) is 0 Å². The van der Waals surface area contributed by atoms with Crippen molar-refractivity contribution in [3.05, 3.63) is 0 Å². The Morgan fingerprint density at radius 2 is 1.79 bits per heavy atom. The van der Waals surface area contributed by atoms with Crippen LogP contribution in [0.1, 0.15) is 0 Å². The van der Waals surface area contributed by atoms with Crippen LogP contribution >= 0.6 is 0 Å². The summed E-state index contributed by atoms with van der Waals surface area (Å²) in [5, 5.41) is 21.5. The summed E-state index contributed by atoms with van der Waals surface area (Å²) in [4.78, 5) is 2.12. The Kier molecular flexibility index (Phi) is 3.35. The molecule has 2 aliphatic rings. The van der Waals surface area contributed by atoms with Gasteiger partial charge in [-0.2, -0.15) is 0 Å². The normalized spacial score (nSPS) is 33.6. The molecule has 2 heterocycles. The Morgan fingerprint density at radius 1 is 1.21 bits per heavy atom. The van der Waals surface area contributed by atoms with Gasteiger partial charge in [0.1, 0.15) is 0 Å². The molecule has 0 spiro atoms. The highest BCUT2D eigenvalue weighted by Gasteiger charge is 2.33. The summed E-state index contributed by atoms with van der Waals surface area (Å²) in [5.74, 6) is 0. The third-order valence-electron chi connectivity index (χ3n) is 2.94. The molecule has 82 valence electrons. The second-order valence-corrected chi connectivity index (χ2v) is 4.01. The van der Waals surface area contributed by atoms with Gasteiger partial charge in [0.25, 0.3) is 0 Å². The minimum Gasteiger partial charge on any atom is -0.395 e. The molecular formula is C9H18N2O3. The lowest BCUT2D eigenvalue weighted by Crippen LogP contribution is -2.61. The zero-order valence-electron chi connectivity index (χ0n) is 8.22. The smallest absolute Gasteiger partial charge is 0.0831 e. The lowest BCUT2D eigenvalue weighted by atomic mass is 10.1. The fourth-order valence-corrected chi connectivity index (χ4v) is 2.17. The number of hydrogen-bond acceptors (Lipinski definition) is 5. The molecule has 2 bridgehead atoms. The summed E-state index contributed by atoms with van der Waals surface area (Å²) in [6, 6.07) is -0.123. The van der Waals surface area contributed by atoms with Gasteiger partial charge >= 0.3 is 0 Å². The minimum absolute atomic E-state index is 0.0172. The van der Waals surface area contributed by atoms with E-state index in [0.29, 0.717) is 0 Å². The first-order valence-corrected chi connectivity index (χ1v) is 5.15. The summed E-state index contributed by atoms with van der Waals surface area (Å²) in [7, 11) is 0. The van der Waals surface area contributed by atoms with E-state index in [0.717, 1.165) is 26.2 Å². The van der Waals surface area contributed by atoms with Crippen LogP contribution in [0.2, 0.25) is 0 Å². The van der Waals surface area contributed by atoms with Gasteiger partial charge in [0.15, 0.2) is 0 Å². The van der Waals surface area contributed by atoms with Gasteiger partial charge in [-0.25, -0.2) is 0 Å². The minimum atomic E-state index is -0.123. The summed E-state index contributed by atoms with van der Waals surface area (Å²) < 4.78 is 5.72. The van der Waals surface area contributed by atoms with Crippen LogP contribution < -0.4 is 5.32 Å². The van der Waals surface area contributed by atoms with Crippen molar-refractivity contribution in [1.82, 2.24) is 10.2 Å². The van der Waals surface area contributed by atoms with Crippen LogP contribution in [0.3, 0.4) is 0 Å². The van der Waals surface area contributed by atoms with Gasteiger partial charge < -0.3 is 20.3 Å². The Labute approximate surface area is 83.7 Å². The van der Waals surface area contributed by atoms with Gasteiger partial charge in [0.05, 0.1) is 31.5 Å². The van der Waals surface area contributed by atoms with E-state index in [-0.39, 0.29) is 31.5 Å². The van der Waals surface area contributed by atoms with E-state index < -0.39 is 0 Å². The summed E-state index contributed by atoms with van der Waals surface area (Å²) in [6.07, 6.45) is 0.422. The second kappa shape index (κ2) is 4.55. The number of ether oxygens (including phenoxy) is 1. The highest BCUT2D eigenvalue weighted by atomic mass is 16.5. The zero-order chi connectivity index (χ0) is 9.97. The number of nitrogens with zero attached hydrogens (tertiary/aromatic N) is 1. The van der Waals surface area contributed by atoms with Crippen molar-refractivity contribution in [3.63, 3.8) is 0 Å².